The van der Waals surface area contributed by atoms with Gasteiger partial charge in [-0.15, -0.1) is 0 Å². The average Bonchev–Trinajstić information content (AvgIpc) is 2.60. The van der Waals surface area contributed by atoms with Crippen LogP contribution in [-0.4, -0.2) is 41.4 Å². The van der Waals surface area contributed by atoms with Crippen molar-refractivity contribution in [3.63, 3.8) is 0 Å². The van der Waals surface area contributed by atoms with Crippen LogP contribution in [-0.2, 0) is 0 Å². The van der Waals surface area contributed by atoms with Gasteiger partial charge < -0.3 is 27.5 Å². The van der Waals surface area contributed by atoms with Crippen LogP contribution in [0.25, 0.3) is 0 Å². The Hall–Kier alpha value is -3.53. The van der Waals surface area contributed by atoms with E-state index in [2.05, 4.69) is 31.1 Å². The minimum absolute atomic E-state index is 0.165. The molecule has 0 saturated heterocycles. The molecule has 10 nitrogen and oxygen atoms in total. The maximum atomic E-state index is 11.6. The van der Waals surface area contributed by atoms with Crippen molar-refractivity contribution in [3.05, 3.63) is 36.0 Å². The fourth-order valence-electron chi connectivity index (χ4n) is 1.88. The number of nitrogens with two attached hydrogens (primary N) is 2. The van der Waals surface area contributed by atoms with Gasteiger partial charge in [-0.05, 0) is 18.2 Å². The zero-order valence-corrected chi connectivity index (χ0v) is 13.4. The van der Waals surface area contributed by atoms with Crippen molar-refractivity contribution in [2.75, 3.05) is 29.1 Å². The van der Waals surface area contributed by atoms with Gasteiger partial charge in [0, 0.05) is 31.2 Å². The van der Waals surface area contributed by atoms with E-state index in [1.54, 1.807) is 24.3 Å². The van der Waals surface area contributed by atoms with E-state index in [-0.39, 0.29) is 11.4 Å². The van der Waals surface area contributed by atoms with Crippen molar-refractivity contribution in [1.29, 1.82) is 5.41 Å². The second-order valence-corrected chi connectivity index (χ2v) is 4.80. The van der Waals surface area contributed by atoms with E-state index in [9.17, 15) is 4.79 Å². The van der Waals surface area contributed by atoms with E-state index in [1.807, 2.05) is 0 Å². The molecule has 25 heavy (non-hydrogen) atoms. The van der Waals surface area contributed by atoms with Crippen LogP contribution in [0.2, 0.25) is 0 Å². The summed E-state index contributed by atoms with van der Waals surface area (Å²) in [6.45, 7) is 0.924. The molecule has 1 heterocycles. The van der Waals surface area contributed by atoms with E-state index in [0.717, 1.165) is 6.21 Å². The van der Waals surface area contributed by atoms with Gasteiger partial charge in [0.15, 0.2) is 0 Å². The first-order chi connectivity index (χ1) is 12.1. The molecule has 0 fully saturated rings. The second kappa shape index (κ2) is 8.93. The monoisotopic (exact) mass is 341 g/mol. The Labute approximate surface area is 144 Å². The zero-order valence-electron chi connectivity index (χ0n) is 13.4. The summed E-state index contributed by atoms with van der Waals surface area (Å²) < 4.78 is 0. The first-order valence-corrected chi connectivity index (χ1v) is 7.40. The SMILES string of the molecule is N=CC=NNc1cccc(Nc2nc(NCCN)ncc2C(N)=O)c1. The number of hydrogen-bond donors (Lipinski definition) is 6. The topological polar surface area (TPSA) is 167 Å². The highest BCUT2D eigenvalue weighted by Gasteiger charge is 2.12. The second-order valence-electron chi connectivity index (χ2n) is 4.80. The van der Waals surface area contributed by atoms with Crippen LogP contribution in [0.15, 0.2) is 35.6 Å². The lowest BCUT2D eigenvalue weighted by Gasteiger charge is -2.12. The zero-order chi connectivity index (χ0) is 18.1. The molecule has 2 aromatic rings. The van der Waals surface area contributed by atoms with Crippen LogP contribution in [0.3, 0.4) is 0 Å². The smallest absolute Gasteiger partial charge is 0.254 e. The van der Waals surface area contributed by atoms with Gasteiger partial charge in [0.2, 0.25) is 5.95 Å². The van der Waals surface area contributed by atoms with E-state index < -0.39 is 5.91 Å². The minimum atomic E-state index is -0.641. The lowest BCUT2D eigenvalue weighted by atomic mass is 10.2. The van der Waals surface area contributed by atoms with Crippen LogP contribution >= 0.6 is 0 Å². The van der Waals surface area contributed by atoms with Crippen LogP contribution in [0, 0.1) is 5.41 Å². The lowest BCUT2D eigenvalue weighted by Crippen LogP contribution is -2.18. The van der Waals surface area contributed by atoms with Gasteiger partial charge >= 0.3 is 0 Å². The standard InChI is InChI=1S/C15H19N9O/c16-4-6-19-15-20-9-12(13(18)25)14(23-15)22-10-2-1-3-11(8-10)24-21-7-5-17/h1-3,5,7-9,17,24H,4,6,16H2,(H2,18,25)(H2,19,20,22,23). The van der Waals surface area contributed by atoms with Crippen LogP contribution in [0.5, 0.6) is 0 Å². The molecule has 0 bridgehead atoms. The van der Waals surface area contributed by atoms with Crippen molar-refractivity contribution in [3.8, 4) is 0 Å². The Balaban J connectivity index is 2.25. The summed E-state index contributed by atoms with van der Waals surface area (Å²) in [7, 11) is 0. The number of nitrogens with one attached hydrogen (secondary N) is 4. The van der Waals surface area contributed by atoms with Crippen molar-refractivity contribution in [2.24, 2.45) is 16.6 Å². The molecule has 0 spiro atoms. The molecule has 1 amide bonds. The molecule has 1 aromatic carbocycles. The first kappa shape index (κ1) is 17.8. The Morgan fingerprint density at radius 1 is 1.36 bits per heavy atom. The fraction of sp³-hybridized carbons (Fsp3) is 0.133. The molecular weight excluding hydrogens is 322 g/mol. The Morgan fingerprint density at radius 3 is 2.88 bits per heavy atom. The summed E-state index contributed by atoms with van der Waals surface area (Å²) in [5, 5.41) is 16.7. The maximum Gasteiger partial charge on any atom is 0.254 e. The first-order valence-electron chi connectivity index (χ1n) is 7.40. The summed E-state index contributed by atoms with van der Waals surface area (Å²) in [6.07, 6.45) is 3.73. The Kier molecular flexibility index (Phi) is 6.37. The molecule has 130 valence electrons. The Morgan fingerprint density at radius 2 is 2.16 bits per heavy atom. The predicted molar refractivity (Wildman–Crippen MR) is 98.7 cm³/mol. The number of amides is 1. The molecule has 2 rings (SSSR count). The molecule has 0 unspecified atom stereocenters. The molecule has 10 heteroatoms. The number of hydrazone groups is 1. The van der Waals surface area contributed by atoms with Crippen LogP contribution < -0.4 is 27.5 Å². The van der Waals surface area contributed by atoms with Crippen molar-refractivity contribution in [2.45, 2.75) is 0 Å². The van der Waals surface area contributed by atoms with Crippen molar-refractivity contribution in [1.82, 2.24) is 9.97 Å². The van der Waals surface area contributed by atoms with Gasteiger partial charge in [0.25, 0.3) is 5.91 Å². The molecule has 0 aliphatic heterocycles. The van der Waals surface area contributed by atoms with Crippen molar-refractivity contribution >= 4 is 41.5 Å². The van der Waals surface area contributed by atoms with Gasteiger partial charge in [-0.3, -0.25) is 10.2 Å². The molecule has 0 aliphatic carbocycles. The number of aromatic nitrogens is 2. The summed E-state index contributed by atoms with van der Waals surface area (Å²) in [6, 6.07) is 7.16. The third-order valence-electron chi connectivity index (χ3n) is 2.95. The number of carbonyl (C=O) groups is 1. The van der Waals surface area contributed by atoms with Gasteiger partial charge in [-0.1, -0.05) is 6.07 Å². The fourth-order valence-corrected chi connectivity index (χ4v) is 1.88. The molecule has 1 aromatic heterocycles. The number of hydrogen-bond acceptors (Lipinski definition) is 9. The normalized spacial score (nSPS) is 10.4. The maximum absolute atomic E-state index is 11.6. The number of primary amides is 1. The van der Waals surface area contributed by atoms with E-state index in [1.165, 1.54) is 12.4 Å². The Bertz CT molecular complexity index is 775. The summed E-state index contributed by atoms with van der Waals surface area (Å²) in [5.74, 6) is -0.0253. The van der Waals surface area contributed by atoms with Gasteiger partial charge in [0.1, 0.15) is 11.4 Å². The highest BCUT2D eigenvalue weighted by Crippen LogP contribution is 2.22. The van der Waals surface area contributed by atoms with E-state index in [4.69, 9.17) is 16.9 Å². The number of carbonyl (C=O) groups excluding carboxylic acids is 1. The summed E-state index contributed by atoms with van der Waals surface area (Å²) in [5.41, 5.74) is 15.1. The summed E-state index contributed by atoms with van der Waals surface area (Å²) in [4.78, 5) is 19.9. The highest BCUT2D eigenvalue weighted by atomic mass is 16.1. The largest absolute Gasteiger partial charge is 0.365 e. The average molecular weight is 341 g/mol. The van der Waals surface area contributed by atoms with Crippen molar-refractivity contribution < 1.29 is 4.79 Å². The van der Waals surface area contributed by atoms with E-state index >= 15 is 0 Å². The molecule has 0 aliphatic rings. The van der Waals surface area contributed by atoms with Crippen LogP contribution in [0.4, 0.5) is 23.1 Å². The summed E-state index contributed by atoms with van der Waals surface area (Å²) >= 11 is 0. The molecule has 8 N–H and O–H groups in total. The number of nitrogens with zero attached hydrogens (tertiary/aromatic N) is 3. The van der Waals surface area contributed by atoms with E-state index in [0.29, 0.717) is 30.4 Å². The van der Waals surface area contributed by atoms with Crippen LogP contribution in [0.1, 0.15) is 10.4 Å². The molecular formula is C15H19N9O. The molecule has 0 saturated carbocycles. The number of benzene rings is 1. The van der Waals surface area contributed by atoms with Gasteiger partial charge in [-0.2, -0.15) is 10.1 Å². The minimum Gasteiger partial charge on any atom is -0.365 e. The molecule has 0 radical (unpaired) electrons. The van der Waals surface area contributed by atoms with Gasteiger partial charge in [0.05, 0.1) is 11.9 Å². The molecule has 0 atom stereocenters. The quantitative estimate of drug-likeness (QED) is 0.289. The number of anilines is 4. The predicted octanol–water partition coefficient (Wildman–Crippen LogP) is 0.737. The lowest BCUT2D eigenvalue weighted by molar-refractivity contribution is 0.100. The van der Waals surface area contributed by atoms with Gasteiger partial charge in [-0.25, -0.2) is 4.98 Å². The third-order valence-corrected chi connectivity index (χ3v) is 2.95. The highest BCUT2D eigenvalue weighted by molar-refractivity contribution is 6.14. The number of rotatable bonds is 9. The third kappa shape index (κ3) is 5.25.